The van der Waals surface area contributed by atoms with Crippen molar-refractivity contribution in [1.29, 1.82) is 0 Å². The number of aliphatic hydroxyl groups is 1. The Balaban J connectivity index is 1.39. The van der Waals surface area contributed by atoms with E-state index in [0.29, 0.717) is 17.2 Å². The molecule has 0 bridgehead atoms. The molecule has 0 aliphatic carbocycles. The maximum absolute atomic E-state index is 13.4. The number of benzene rings is 1. The lowest BCUT2D eigenvalue weighted by Crippen LogP contribution is -2.42. The number of carbonyl (C=O) groups is 1. The van der Waals surface area contributed by atoms with Gasteiger partial charge in [0.05, 0.1) is 23.3 Å². The van der Waals surface area contributed by atoms with Crippen molar-refractivity contribution in [2.24, 2.45) is 5.92 Å². The summed E-state index contributed by atoms with van der Waals surface area (Å²) < 4.78 is 1.79. The van der Waals surface area contributed by atoms with E-state index < -0.39 is 12.0 Å². The van der Waals surface area contributed by atoms with Crippen LogP contribution in [0.25, 0.3) is 5.69 Å². The molecule has 2 aromatic heterocycles. The number of nitrogens with two attached hydrogens (primary N) is 1. The van der Waals surface area contributed by atoms with E-state index in [2.05, 4.69) is 27.3 Å². The first-order valence-corrected chi connectivity index (χ1v) is 12.6. The summed E-state index contributed by atoms with van der Waals surface area (Å²) in [5.41, 5.74) is 9.33. The van der Waals surface area contributed by atoms with Gasteiger partial charge in [-0.25, -0.2) is 9.67 Å². The van der Waals surface area contributed by atoms with Gasteiger partial charge in [-0.2, -0.15) is 5.10 Å². The van der Waals surface area contributed by atoms with Crippen LogP contribution in [0.2, 0.25) is 0 Å². The van der Waals surface area contributed by atoms with Crippen molar-refractivity contribution in [3.63, 3.8) is 0 Å². The maximum Gasteiger partial charge on any atom is 0.228 e. The zero-order valence-electron chi connectivity index (χ0n) is 20.3. The first kappa shape index (κ1) is 24.7. The number of likely N-dealkylation sites (tertiary alicyclic amines) is 1. The molecule has 5 N–H and O–H groups in total. The Labute approximate surface area is 209 Å². The van der Waals surface area contributed by atoms with E-state index in [9.17, 15) is 9.90 Å². The molecule has 1 aromatic carbocycles. The highest BCUT2D eigenvalue weighted by Gasteiger charge is 2.37. The number of nitrogens with one attached hydrogen (secondary N) is 2. The number of nitrogens with zero attached hydrogens (tertiary/aromatic N) is 4. The van der Waals surface area contributed by atoms with Gasteiger partial charge in [0.25, 0.3) is 0 Å². The summed E-state index contributed by atoms with van der Waals surface area (Å²) in [5, 5.41) is 22.8. The van der Waals surface area contributed by atoms with Crippen LogP contribution in [0.15, 0.2) is 55.0 Å². The number of carbonyl (C=O) groups excluding carboxylic acids is 1. The first-order valence-electron chi connectivity index (χ1n) is 11.8. The first-order chi connectivity index (χ1) is 16.8. The van der Waals surface area contributed by atoms with Crippen molar-refractivity contribution < 1.29 is 9.90 Å². The molecule has 0 unspecified atom stereocenters. The number of aromatic nitrogens is 3. The monoisotopic (exact) mass is 495 g/mol. The van der Waals surface area contributed by atoms with Crippen molar-refractivity contribution >= 4 is 27.4 Å². The van der Waals surface area contributed by atoms with Crippen LogP contribution in [0.4, 0.5) is 10.1 Å². The molecule has 4 rings (SSSR count). The summed E-state index contributed by atoms with van der Waals surface area (Å²) in [5.74, 6) is -0.786. The number of anilines is 2. The van der Waals surface area contributed by atoms with Crippen LogP contribution in [-0.2, 0) is 4.79 Å². The second-order valence-electron chi connectivity index (χ2n) is 8.88. The van der Waals surface area contributed by atoms with Crippen LogP contribution in [0, 0.1) is 5.92 Å². The van der Waals surface area contributed by atoms with Gasteiger partial charge in [0.15, 0.2) is 5.13 Å². The molecule has 10 heteroatoms. The van der Waals surface area contributed by atoms with Gasteiger partial charge in [0.2, 0.25) is 5.91 Å². The standard InChI is InChI=1S/C25H33N7O2S/c1-15(24(34)31-13-5-7-20(31)21-23(26)35-25(27-4)30-21)22(33)17(3)29-16(2)18-8-10-19(11-9-18)32-14-6-12-28-32/h6,8-12,14-16,20,22,29,33H,3,5,7,13,26H2,1-2,4H3,(H,27,30)/t15-,16-,20-,22-/m1/s1. The van der Waals surface area contributed by atoms with E-state index in [1.807, 2.05) is 43.5 Å². The van der Waals surface area contributed by atoms with E-state index in [1.165, 1.54) is 11.3 Å². The molecule has 186 valence electrons. The summed E-state index contributed by atoms with van der Waals surface area (Å²) in [6.45, 7) is 8.38. The summed E-state index contributed by atoms with van der Waals surface area (Å²) in [6.07, 6.45) is 4.27. The highest BCUT2D eigenvalue weighted by molar-refractivity contribution is 7.19. The minimum atomic E-state index is -1.03. The second-order valence-corrected chi connectivity index (χ2v) is 9.91. The summed E-state index contributed by atoms with van der Waals surface area (Å²) in [4.78, 5) is 19.7. The van der Waals surface area contributed by atoms with E-state index in [4.69, 9.17) is 5.73 Å². The van der Waals surface area contributed by atoms with Gasteiger partial charge in [0, 0.05) is 37.7 Å². The molecule has 4 atom stereocenters. The number of hydrogen-bond acceptors (Lipinski definition) is 8. The molecule has 9 nitrogen and oxygen atoms in total. The molecule has 1 fully saturated rings. The Bertz CT molecular complexity index is 1160. The quantitative estimate of drug-likeness (QED) is 0.359. The van der Waals surface area contributed by atoms with Gasteiger partial charge in [-0.05, 0) is 43.5 Å². The third-order valence-corrected chi connectivity index (χ3v) is 7.45. The normalized spacial score (nSPS) is 18.2. The molecular formula is C25H33N7O2S. The molecule has 3 heterocycles. The molecule has 1 aliphatic heterocycles. The van der Waals surface area contributed by atoms with Crippen LogP contribution in [-0.4, -0.2) is 50.4 Å². The number of nitrogen functional groups attached to an aromatic ring is 1. The van der Waals surface area contributed by atoms with Crippen LogP contribution in [0.1, 0.15) is 50.0 Å². The summed E-state index contributed by atoms with van der Waals surface area (Å²) in [6, 6.07) is 9.60. The smallest absolute Gasteiger partial charge is 0.228 e. The van der Waals surface area contributed by atoms with Crippen LogP contribution < -0.4 is 16.4 Å². The molecule has 1 aliphatic rings. The van der Waals surface area contributed by atoms with Crippen molar-refractivity contribution in [3.05, 3.63) is 66.3 Å². The Kier molecular flexibility index (Phi) is 7.42. The van der Waals surface area contributed by atoms with Crippen LogP contribution in [0.5, 0.6) is 0 Å². The Morgan fingerprint density at radius 2 is 2.06 bits per heavy atom. The number of thiazole rings is 1. The second kappa shape index (κ2) is 10.5. The average Bonchev–Trinajstić information content (AvgIpc) is 3.63. The maximum atomic E-state index is 13.4. The van der Waals surface area contributed by atoms with Gasteiger partial charge >= 0.3 is 0 Å². The van der Waals surface area contributed by atoms with E-state index in [0.717, 1.165) is 34.9 Å². The zero-order chi connectivity index (χ0) is 25.1. The van der Waals surface area contributed by atoms with Crippen molar-refractivity contribution in [1.82, 2.24) is 25.0 Å². The van der Waals surface area contributed by atoms with E-state index >= 15 is 0 Å². The molecule has 0 saturated carbocycles. The molecule has 1 saturated heterocycles. The highest BCUT2D eigenvalue weighted by Crippen LogP contribution is 2.39. The predicted octanol–water partition coefficient (Wildman–Crippen LogP) is 3.48. The molecular weight excluding hydrogens is 462 g/mol. The van der Waals surface area contributed by atoms with Crippen LogP contribution in [0.3, 0.4) is 0 Å². The fourth-order valence-electron chi connectivity index (χ4n) is 4.49. The van der Waals surface area contributed by atoms with Gasteiger partial charge in [0.1, 0.15) is 11.1 Å². The van der Waals surface area contributed by atoms with E-state index in [1.54, 1.807) is 29.7 Å². The summed E-state index contributed by atoms with van der Waals surface area (Å²) >= 11 is 1.38. The highest BCUT2D eigenvalue weighted by atomic mass is 32.1. The number of amides is 1. The molecule has 0 radical (unpaired) electrons. The van der Waals surface area contributed by atoms with Gasteiger partial charge in [-0.3, -0.25) is 4.79 Å². The number of hydrogen-bond donors (Lipinski definition) is 4. The van der Waals surface area contributed by atoms with E-state index in [-0.39, 0.29) is 18.0 Å². The predicted molar refractivity (Wildman–Crippen MR) is 139 cm³/mol. The molecule has 3 aromatic rings. The third kappa shape index (κ3) is 5.18. The lowest BCUT2D eigenvalue weighted by molar-refractivity contribution is -0.138. The molecule has 1 amide bonds. The van der Waals surface area contributed by atoms with Crippen molar-refractivity contribution in [2.75, 3.05) is 24.6 Å². The zero-order valence-corrected chi connectivity index (χ0v) is 21.1. The third-order valence-electron chi connectivity index (χ3n) is 6.53. The average molecular weight is 496 g/mol. The van der Waals surface area contributed by atoms with Crippen molar-refractivity contribution in [2.45, 2.75) is 44.9 Å². The fraction of sp³-hybridized carbons (Fsp3) is 0.400. The minimum Gasteiger partial charge on any atom is -0.389 e. The number of rotatable bonds is 9. The minimum absolute atomic E-state index is 0.0968. The van der Waals surface area contributed by atoms with Gasteiger partial charge in [-0.1, -0.05) is 37.0 Å². The Morgan fingerprint density at radius 3 is 2.69 bits per heavy atom. The number of aliphatic hydroxyl groups excluding tert-OH is 1. The van der Waals surface area contributed by atoms with Gasteiger partial charge in [-0.15, -0.1) is 0 Å². The fourth-order valence-corrected chi connectivity index (χ4v) is 5.23. The molecule has 0 spiro atoms. The largest absolute Gasteiger partial charge is 0.389 e. The van der Waals surface area contributed by atoms with Crippen LogP contribution >= 0.6 is 11.3 Å². The molecule has 35 heavy (non-hydrogen) atoms. The van der Waals surface area contributed by atoms with Crippen molar-refractivity contribution in [3.8, 4) is 5.69 Å². The summed E-state index contributed by atoms with van der Waals surface area (Å²) in [7, 11) is 1.80. The Morgan fingerprint density at radius 1 is 1.31 bits per heavy atom. The lowest BCUT2D eigenvalue weighted by atomic mass is 9.98. The van der Waals surface area contributed by atoms with Gasteiger partial charge < -0.3 is 26.4 Å². The SMILES string of the molecule is C=C(N[C@H](C)c1ccc(-n2cccn2)cc1)[C@H](O)[C@@H](C)C(=O)N1CCC[C@@H]1c1nc(NC)sc1N. The Hall–Kier alpha value is -3.37. The lowest BCUT2D eigenvalue weighted by Gasteiger charge is -2.30. The topological polar surface area (TPSA) is 121 Å².